The summed E-state index contributed by atoms with van der Waals surface area (Å²) in [7, 11) is 1.67. The largest absolute Gasteiger partial charge is 0.495 e. The average Bonchev–Trinajstić information content (AvgIpc) is 3.59. The fourth-order valence-electron chi connectivity index (χ4n) is 3.87. The molecule has 1 N–H and O–H groups in total. The quantitative estimate of drug-likeness (QED) is 0.807. The molecule has 4 rings (SSSR count). The van der Waals surface area contributed by atoms with E-state index in [-0.39, 0.29) is 23.7 Å². The standard InChI is InChI=1S/C22H26N4O3/c1-29-20-5-3-2-4-19(20)25-10-12-26(13-11-25)22(28)18-14-17(18)21(27)24-15-16-6-8-23-9-7-16/h2-9,17-18H,10-15H2,1H3,(H,24,27). The molecule has 2 aliphatic rings. The van der Waals surface area contributed by atoms with Crippen LogP contribution in [0.1, 0.15) is 12.0 Å². The van der Waals surface area contributed by atoms with E-state index in [4.69, 9.17) is 4.74 Å². The number of methoxy groups -OCH3 is 1. The van der Waals surface area contributed by atoms with E-state index in [2.05, 4.69) is 15.2 Å². The minimum absolute atomic E-state index is 0.0344. The summed E-state index contributed by atoms with van der Waals surface area (Å²) in [5.74, 6) is 0.545. The van der Waals surface area contributed by atoms with Gasteiger partial charge in [-0.3, -0.25) is 14.6 Å². The molecule has 0 spiro atoms. The highest BCUT2D eigenvalue weighted by atomic mass is 16.5. The number of aromatic nitrogens is 1. The van der Waals surface area contributed by atoms with E-state index in [1.807, 2.05) is 41.3 Å². The Hall–Kier alpha value is -3.09. The van der Waals surface area contributed by atoms with Crippen LogP contribution in [-0.4, -0.2) is 55.0 Å². The topological polar surface area (TPSA) is 74.8 Å². The molecule has 1 saturated carbocycles. The molecule has 7 nitrogen and oxygen atoms in total. The van der Waals surface area contributed by atoms with Crippen LogP contribution in [0.25, 0.3) is 0 Å². The monoisotopic (exact) mass is 394 g/mol. The molecular weight excluding hydrogens is 368 g/mol. The third kappa shape index (κ3) is 4.34. The van der Waals surface area contributed by atoms with Gasteiger partial charge in [-0.05, 0) is 36.2 Å². The first kappa shape index (κ1) is 19.2. The first-order valence-corrected chi connectivity index (χ1v) is 10.0. The predicted octanol–water partition coefficient (Wildman–Crippen LogP) is 1.69. The molecule has 2 aromatic rings. The molecule has 152 valence electrons. The molecule has 1 aliphatic carbocycles. The van der Waals surface area contributed by atoms with E-state index in [0.29, 0.717) is 26.1 Å². The number of nitrogens with one attached hydrogen (secondary N) is 1. The zero-order chi connectivity index (χ0) is 20.2. The maximum absolute atomic E-state index is 12.8. The van der Waals surface area contributed by atoms with Gasteiger partial charge in [0.15, 0.2) is 0 Å². The van der Waals surface area contributed by atoms with E-state index < -0.39 is 0 Å². The molecule has 1 aliphatic heterocycles. The molecular formula is C22H26N4O3. The number of anilines is 1. The third-order valence-electron chi connectivity index (χ3n) is 5.68. The summed E-state index contributed by atoms with van der Waals surface area (Å²) in [6, 6.07) is 11.7. The summed E-state index contributed by atoms with van der Waals surface area (Å²) in [6.07, 6.45) is 4.05. The zero-order valence-corrected chi connectivity index (χ0v) is 16.6. The minimum Gasteiger partial charge on any atom is -0.495 e. The van der Waals surface area contributed by atoms with Crippen molar-refractivity contribution >= 4 is 17.5 Å². The highest BCUT2D eigenvalue weighted by molar-refractivity contribution is 5.92. The van der Waals surface area contributed by atoms with Gasteiger partial charge < -0.3 is 19.9 Å². The maximum atomic E-state index is 12.8. The second kappa shape index (κ2) is 8.51. The minimum atomic E-state index is -0.198. The molecule has 2 atom stereocenters. The van der Waals surface area contributed by atoms with Crippen molar-refractivity contribution < 1.29 is 14.3 Å². The van der Waals surface area contributed by atoms with Crippen LogP contribution in [0.15, 0.2) is 48.8 Å². The summed E-state index contributed by atoms with van der Waals surface area (Å²) < 4.78 is 5.45. The lowest BCUT2D eigenvalue weighted by molar-refractivity contribution is -0.135. The van der Waals surface area contributed by atoms with E-state index >= 15 is 0 Å². The van der Waals surface area contributed by atoms with Gasteiger partial charge in [-0.15, -0.1) is 0 Å². The van der Waals surface area contributed by atoms with E-state index in [1.165, 1.54) is 0 Å². The number of hydrogen-bond acceptors (Lipinski definition) is 5. The molecule has 2 unspecified atom stereocenters. The number of carbonyl (C=O) groups excluding carboxylic acids is 2. The highest BCUT2D eigenvalue weighted by Crippen LogP contribution is 2.40. The van der Waals surface area contributed by atoms with Gasteiger partial charge in [0.25, 0.3) is 0 Å². The molecule has 29 heavy (non-hydrogen) atoms. The zero-order valence-electron chi connectivity index (χ0n) is 16.6. The summed E-state index contributed by atoms with van der Waals surface area (Å²) in [5, 5.41) is 2.93. The molecule has 2 fully saturated rings. The summed E-state index contributed by atoms with van der Waals surface area (Å²) in [5.41, 5.74) is 2.06. The van der Waals surface area contributed by atoms with Crippen LogP contribution in [0.2, 0.25) is 0 Å². The summed E-state index contributed by atoms with van der Waals surface area (Å²) in [6.45, 7) is 3.32. The third-order valence-corrected chi connectivity index (χ3v) is 5.68. The second-order valence-electron chi connectivity index (χ2n) is 7.51. The molecule has 2 amide bonds. The molecule has 0 bridgehead atoms. The molecule has 0 radical (unpaired) electrons. The average molecular weight is 394 g/mol. The molecule has 2 heterocycles. The number of hydrogen-bond donors (Lipinski definition) is 1. The van der Waals surface area contributed by atoms with Crippen LogP contribution < -0.4 is 15.0 Å². The Balaban J connectivity index is 1.26. The van der Waals surface area contributed by atoms with Gasteiger partial charge in [0.2, 0.25) is 11.8 Å². The Morgan fingerprint density at radius 2 is 1.79 bits per heavy atom. The first-order valence-electron chi connectivity index (χ1n) is 10.0. The van der Waals surface area contributed by atoms with Crippen molar-refractivity contribution in [1.82, 2.24) is 15.2 Å². The second-order valence-corrected chi connectivity index (χ2v) is 7.51. The van der Waals surface area contributed by atoms with Gasteiger partial charge in [-0.2, -0.15) is 0 Å². The Labute approximate surface area is 170 Å². The van der Waals surface area contributed by atoms with Gasteiger partial charge in [-0.1, -0.05) is 12.1 Å². The van der Waals surface area contributed by atoms with Gasteiger partial charge in [0.1, 0.15) is 5.75 Å². The smallest absolute Gasteiger partial charge is 0.226 e. The first-order chi connectivity index (χ1) is 14.2. The lowest BCUT2D eigenvalue weighted by Gasteiger charge is -2.36. The number of pyridine rings is 1. The number of ether oxygens (including phenoxy) is 1. The van der Waals surface area contributed by atoms with Gasteiger partial charge >= 0.3 is 0 Å². The van der Waals surface area contributed by atoms with Gasteiger partial charge in [0.05, 0.1) is 24.6 Å². The van der Waals surface area contributed by atoms with Crippen molar-refractivity contribution in [3.63, 3.8) is 0 Å². The Bertz CT molecular complexity index is 865. The SMILES string of the molecule is COc1ccccc1N1CCN(C(=O)C2CC2C(=O)NCc2ccncc2)CC1. The number of amides is 2. The fraction of sp³-hybridized carbons (Fsp3) is 0.409. The Morgan fingerprint density at radius 3 is 2.52 bits per heavy atom. The number of para-hydroxylation sites is 2. The van der Waals surface area contributed by atoms with Crippen LogP contribution in [0.3, 0.4) is 0 Å². The van der Waals surface area contributed by atoms with E-state index in [1.54, 1.807) is 19.5 Å². The van der Waals surface area contributed by atoms with Crippen LogP contribution >= 0.6 is 0 Å². The van der Waals surface area contributed by atoms with Crippen molar-refractivity contribution in [2.75, 3.05) is 38.2 Å². The van der Waals surface area contributed by atoms with Crippen LogP contribution in [0, 0.1) is 11.8 Å². The Morgan fingerprint density at radius 1 is 1.07 bits per heavy atom. The lowest BCUT2D eigenvalue weighted by atomic mass is 10.2. The van der Waals surface area contributed by atoms with Crippen LogP contribution in [-0.2, 0) is 16.1 Å². The van der Waals surface area contributed by atoms with Crippen molar-refractivity contribution in [1.29, 1.82) is 0 Å². The normalized spacial score (nSPS) is 20.9. The van der Waals surface area contributed by atoms with Crippen molar-refractivity contribution in [3.8, 4) is 5.75 Å². The van der Waals surface area contributed by atoms with E-state index in [0.717, 1.165) is 30.1 Å². The van der Waals surface area contributed by atoms with Gasteiger partial charge in [-0.25, -0.2) is 0 Å². The van der Waals surface area contributed by atoms with Crippen molar-refractivity contribution in [2.24, 2.45) is 11.8 Å². The van der Waals surface area contributed by atoms with Crippen LogP contribution in [0.4, 0.5) is 5.69 Å². The number of benzene rings is 1. The number of carbonyl (C=O) groups is 2. The molecule has 7 heteroatoms. The van der Waals surface area contributed by atoms with Crippen molar-refractivity contribution in [2.45, 2.75) is 13.0 Å². The van der Waals surface area contributed by atoms with Gasteiger partial charge in [0, 0.05) is 45.1 Å². The Kier molecular flexibility index (Phi) is 5.64. The lowest BCUT2D eigenvalue weighted by Crippen LogP contribution is -2.49. The number of nitrogens with zero attached hydrogens (tertiary/aromatic N) is 3. The fourth-order valence-corrected chi connectivity index (χ4v) is 3.87. The predicted molar refractivity (Wildman–Crippen MR) is 109 cm³/mol. The maximum Gasteiger partial charge on any atom is 0.226 e. The van der Waals surface area contributed by atoms with Crippen molar-refractivity contribution in [3.05, 3.63) is 54.4 Å². The van der Waals surface area contributed by atoms with E-state index in [9.17, 15) is 9.59 Å². The molecule has 1 aromatic carbocycles. The summed E-state index contributed by atoms with van der Waals surface area (Å²) >= 11 is 0. The highest BCUT2D eigenvalue weighted by Gasteiger charge is 2.49. The molecule has 1 saturated heterocycles. The number of rotatable bonds is 6. The molecule has 1 aromatic heterocycles. The number of piperazine rings is 1. The van der Waals surface area contributed by atoms with Crippen LogP contribution in [0.5, 0.6) is 5.75 Å². The summed E-state index contributed by atoms with van der Waals surface area (Å²) in [4.78, 5) is 33.3.